The molecule has 0 spiro atoms. The molecule has 0 bridgehead atoms. The van der Waals surface area contributed by atoms with Gasteiger partial charge in [-0.25, -0.2) is 4.98 Å². The molecule has 0 saturated heterocycles. The Hall–Kier alpha value is -2.46. The zero-order valence-corrected chi connectivity index (χ0v) is 20.1. The van der Waals surface area contributed by atoms with Gasteiger partial charge < -0.3 is 4.90 Å². The summed E-state index contributed by atoms with van der Waals surface area (Å²) in [4.78, 5) is 21.4. The van der Waals surface area contributed by atoms with Gasteiger partial charge in [-0.3, -0.25) is 4.79 Å². The van der Waals surface area contributed by atoms with E-state index in [1.807, 2.05) is 6.92 Å². The highest BCUT2D eigenvalue weighted by molar-refractivity contribution is 7.15. The van der Waals surface area contributed by atoms with E-state index in [1.54, 1.807) is 11.3 Å². The van der Waals surface area contributed by atoms with Gasteiger partial charge in [0.2, 0.25) is 0 Å². The van der Waals surface area contributed by atoms with Gasteiger partial charge in [0.15, 0.2) is 0 Å². The molecule has 162 valence electrons. The molecule has 0 aliphatic heterocycles. The largest absolute Gasteiger partial charge is 0.337 e. The van der Waals surface area contributed by atoms with Crippen LogP contribution < -0.4 is 0 Å². The van der Waals surface area contributed by atoms with Crippen LogP contribution in [0.5, 0.6) is 0 Å². The minimum absolute atomic E-state index is 0.0780. The molecule has 4 heteroatoms. The third kappa shape index (κ3) is 5.07. The van der Waals surface area contributed by atoms with Gasteiger partial charge in [0, 0.05) is 13.1 Å². The predicted octanol–water partition coefficient (Wildman–Crippen LogP) is 6.45. The third-order valence-electron chi connectivity index (χ3n) is 6.32. The van der Waals surface area contributed by atoms with Crippen LogP contribution in [-0.2, 0) is 6.42 Å². The SMILES string of the molecule is Cc1ccc(CCN(CC2CC2)C(=O)c2nc(C)sc2-c2ccc(C)c(C)c2)c(C)c1. The number of hydrogen-bond acceptors (Lipinski definition) is 3. The summed E-state index contributed by atoms with van der Waals surface area (Å²) in [6.07, 6.45) is 3.34. The summed E-state index contributed by atoms with van der Waals surface area (Å²) in [5.74, 6) is 0.724. The monoisotopic (exact) mass is 432 g/mol. The van der Waals surface area contributed by atoms with Crippen LogP contribution in [0.2, 0.25) is 0 Å². The number of hydrogen-bond donors (Lipinski definition) is 0. The first-order valence-corrected chi connectivity index (χ1v) is 12.0. The maximum absolute atomic E-state index is 13.7. The Balaban J connectivity index is 1.60. The molecule has 1 heterocycles. The third-order valence-corrected chi connectivity index (χ3v) is 7.34. The first-order valence-electron chi connectivity index (χ1n) is 11.2. The van der Waals surface area contributed by atoms with E-state index in [1.165, 1.54) is 40.7 Å². The smallest absolute Gasteiger partial charge is 0.274 e. The number of thiazole rings is 1. The Bertz CT molecular complexity index is 1110. The van der Waals surface area contributed by atoms with Crippen LogP contribution in [0.1, 0.15) is 56.2 Å². The van der Waals surface area contributed by atoms with Crippen molar-refractivity contribution < 1.29 is 4.79 Å². The summed E-state index contributed by atoms with van der Waals surface area (Å²) in [5, 5.41) is 0.942. The van der Waals surface area contributed by atoms with Gasteiger partial charge in [-0.05, 0) is 87.6 Å². The zero-order chi connectivity index (χ0) is 22.1. The predicted molar refractivity (Wildman–Crippen MR) is 130 cm³/mol. The van der Waals surface area contributed by atoms with Crippen molar-refractivity contribution in [1.82, 2.24) is 9.88 Å². The van der Waals surface area contributed by atoms with Gasteiger partial charge in [-0.2, -0.15) is 0 Å². The fraction of sp³-hybridized carbons (Fsp3) is 0.407. The van der Waals surface area contributed by atoms with Crippen LogP contribution in [0.15, 0.2) is 36.4 Å². The van der Waals surface area contributed by atoms with E-state index < -0.39 is 0 Å². The van der Waals surface area contributed by atoms with Gasteiger partial charge >= 0.3 is 0 Å². The van der Waals surface area contributed by atoms with Crippen molar-refractivity contribution in [3.63, 3.8) is 0 Å². The van der Waals surface area contributed by atoms with Crippen molar-refractivity contribution in [2.24, 2.45) is 5.92 Å². The zero-order valence-electron chi connectivity index (χ0n) is 19.3. The summed E-state index contributed by atoms with van der Waals surface area (Å²) in [5.41, 5.74) is 8.13. The number of nitrogens with zero attached hydrogens (tertiary/aromatic N) is 2. The molecule has 1 amide bonds. The van der Waals surface area contributed by atoms with E-state index in [9.17, 15) is 4.79 Å². The maximum Gasteiger partial charge on any atom is 0.274 e. The molecule has 0 unspecified atom stereocenters. The Morgan fingerprint density at radius 2 is 1.77 bits per heavy atom. The first-order chi connectivity index (χ1) is 14.8. The normalized spacial score (nSPS) is 13.5. The molecule has 1 aromatic heterocycles. The lowest BCUT2D eigenvalue weighted by Crippen LogP contribution is -2.35. The molecule has 1 fully saturated rings. The quantitative estimate of drug-likeness (QED) is 0.430. The highest BCUT2D eigenvalue weighted by Crippen LogP contribution is 2.34. The minimum Gasteiger partial charge on any atom is -0.337 e. The van der Waals surface area contributed by atoms with Crippen molar-refractivity contribution in [2.45, 2.75) is 53.9 Å². The van der Waals surface area contributed by atoms with E-state index in [-0.39, 0.29) is 5.91 Å². The summed E-state index contributed by atoms with van der Waals surface area (Å²) in [6, 6.07) is 13.0. The van der Waals surface area contributed by atoms with Crippen LogP contribution in [0, 0.1) is 40.5 Å². The molecule has 31 heavy (non-hydrogen) atoms. The number of amides is 1. The van der Waals surface area contributed by atoms with Crippen molar-refractivity contribution >= 4 is 17.2 Å². The molecule has 0 N–H and O–H groups in total. The average Bonchev–Trinajstić information content (AvgIpc) is 3.46. The Morgan fingerprint density at radius 1 is 1.00 bits per heavy atom. The molecule has 3 aromatic rings. The molecule has 3 nitrogen and oxygen atoms in total. The lowest BCUT2D eigenvalue weighted by atomic mass is 10.0. The summed E-state index contributed by atoms with van der Waals surface area (Å²) >= 11 is 1.62. The van der Waals surface area contributed by atoms with Gasteiger partial charge in [-0.15, -0.1) is 11.3 Å². The highest BCUT2D eigenvalue weighted by atomic mass is 32.1. The average molecular weight is 433 g/mol. The summed E-state index contributed by atoms with van der Waals surface area (Å²) in [7, 11) is 0. The van der Waals surface area contributed by atoms with Crippen LogP contribution in [-0.4, -0.2) is 28.9 Å². The summed E-state index contributed by atoms with van der Waals surface area (Å²) < 4.78 is 0. The van der Waals surface area contributed by atoms with Crippen LogP contribution in [0.3, 0.4) is 0 Å². The van der Waals surface area contributed by atoms with Gasteiger partial charge in [0.25, 0.3) is 5.91 Å². The van der Waals surface area contributed by atoms with Gasteiger partial charge in [0.1, 0.15) is 5.69 Å². The molecular weight excluding hydrogens is 400 g/mol. The Kier molecular flexibility index (Phi) is 6.29. The second kappa shape index (κ2) is 8.96. The molecule has 2 aromatic carbocycles. The Morgan fingerprint density at radius 3 is 2.45 bits per heavy atom. The molecule has 1 saturated carbocycles. The van der Waals surface area contributed by atoms with Crippen LogP contribution in [0.4, 0.5) is 0 Å². The molecule has 1 aliphatic rings. The molecule has 1 aliphatic carbocycles. The number of rotatable bonds is 7. The van der Waals surface area contributed by atoms with Crippen molar-refractivity contribution in [3.05, 3.63) is 74.9 Å². The summed E-state index contributed by atoms with van der Waals surface area (Å²) in [6.45, 7) is 12.1. The number of aromatic nitrogens is 1. The van der Waals surface area contributed by atoms with Gasteiger partial charge in [-0.1, -0.05) is 42.0 Å². The molecule has 0 atom stereocenters. The molecular formula is C27H32N2OS. The highest BCUT2D eigenvalue weighted by Gasteiger charge is 2.30. The lowest BCUT2D eigenvalue weighted by Gasteiger charge is -2.23. The van der Waals surface area contributed by atoms with Crippen LogP contribution >= 0.6 is 11.3 Å². The minimum atomic E-state index is 0.0780. The van der Waals surface area contributed by atoms with Crippen molar-refractivity contribution in [3.8, 4) is 10.4 Å². The standard InChI is InChI=1S/C27H32N2OS/c1-17-6-10-23(20(4)14-17)12-13-29(16-22-8-9-22)27(30)25-26(31-21(5)28-25)24-11-7-18(2)19(3)15-24/h6-7,10-11,14-15,22H,8-9,12-13,16H2,1-5H3. The maximum atomic E-state index is 13.7. The van der Waals surface area contributed by atoms with E-state index >= 15 is 0 Å². The first kappa shape index (κ1) is 21.8. The van der Waals surface area contributed by atoms with Gasteiger partial charge in [0.05, 0.1) is 9.88 Å². The van der Waals surface area contributed by atoms with Crippen molar-refractivity contribution in [1.29, 1.82) is 0 Å². The number of benzene rings is 2. The fourth-order valence-electron chi connectivity index (χ4n) is 4.07. The number of carbonyl (C=O) groups is 1. The van der Waals surface area contributed by atoms with E-state index in [2.05, 4.69) is 69.0 Å². The fourth-order valence-corrected chi connectivity index (χ4v) is 4.98. The number of carbonyl (C=O) groups excluding carboxylic acids is 1. The second-order valence-electron chi connectivity index (χ2n) is 9.08. The lowest BCUT2D eigenvalue weighted by molar-refractivity contribution is 0.0745. The Labute approximate surface area is 190 Å². The van der Waals surface area contributed by atoms with Crippen LogP contribution in [0.25, 0.3) is 10.4 Å². The molecule has 4 rings (SSSR count). The topological polar surface area (TPSA) is 33.2 Å². The molecule has 0 radical (unpaired) electrons. The van der Waals surface area contributed by atoms with E-state index in [0.717, 1.165) is 35.0 Å². The second-order valence-corrected chi connectivity index (χ2v) is 10.3. The van der Waals surface area contributed by atoms with E-state index in [0.29, 0.717) is 11.6 Å². The number of aryl methyl sites for hydroxylation is 5. The van der Waals surface area contributed by atoms with E-state index in [4.69, 9.17) is 4.98 Å². The van der Waals surface area contributed by atoms with Crippen molar-refractivity contribution in [2.75, 3.05) is 13.1 Å².